The highest BCUT2D eigenvalue weighted by Gasteiger charge is 2.28. The molecule has 0 saturated carbocycles. The number of rotatable bonds is 1. The maximum absolute atomic E-state index is 9.53. The zero-order valence-corrected chi connectivity index (χ0v) is 7.08. The van der Waals surface area contributed by atoms with Gasteiger partial charge in [0.25, 0.3) is 0 Å². The summed E-state index contributed by atoms with van der Waals surface area (Å²) < 4.78 is 5.32. The first kappa shape index (κ1) is 7.83. The average Bonchev–Trinajstić information content (AvgIpc) is 2.58. The maximum Gasteiger partial charge on any atom is 0.111 e. The third-order valence-corrected chi connectivity index (χ3v) is 2.30. The van der Waals surface area contributed by atoms with E-state index < -0.39 is 0 Å². The summed E-state index contributed by atoms with van der Waals surface area (Å²) in [5.74, 6) is 1.03. The van der Waals surface area contributed by atoms with Crippen LogP contribution in [0.2, 0.25) is 0 Å². The Labute approximate surface area is 71.4 Å². The summed E-state index contributed by atoms with van der Waals surface area (Å²) in [6, 6.07) is 1.99. The Balaban J connectivity index is 2.19. The maximum atomic E-state index is 9.53. The van der Waals surface area contributed by atoms with Gasteiger partial charge >= 0.3 is 0 Å². The van der Waals surface area contributed by atoms with Gasteiger partial charge in [0.05, 0.1) is 18.3 Å². The van der Waals surface area contributed by atoms with Gasteiger partial charge in [-0.3, -0.25) is 0 Å². The fourth-order valence-electron chi connectivity index (χ4n) is 1.60. The first-order valence-corrected chi connectivity index (χ1v) is 4.21. The molecule has 1 aliphatic rings. The van der Waals surface area contributed by atoms with Crippen LogP contribution in [0.4, 0.5) is 0 Å². The van der Waals surface area contributed by atoms with Crippen molar-refractivity contribution >= 4 is 0 Å². The molecule has 2 atom stereocenters. The van der Waals surface area contributed by atoms with Gasteiger partial charge in [-0.25, -0.2) is 0 Å². The van der Waals surface area contributed by atoms with Crippen molar-refractivity contribution in [3.05, 3.63) is 23.7 Å². The number of β-amino-alcohol motifs (C(OH)–C–C–N with tert-alkyl or cyclic N) is 1. The molecule has 0 aliphatic carbocycles. The molecule has 2 N–H and O–H groups in total. The summed E-state index contributed by atoms with van der Waals surface area (Å²) in [4.78, 5) is 0. The normalized spacial score (nSPS) is 29.5. The molecule has 0 spiro atoms. The van der Waals surface area contributed by atoms with Gasteiger partial charge in [0.15, 0.2) is 0 Å². The average molecular weight is 167 g/mol. The lowest BCUT2D eigenvalue weighted by Gasteiger charge is -2.08. The van der Waals surface area contributed by atoms with Crippen LogP contribution in [0, 0.1) is 6.92 Å². The van der Waals surface area contributed by atoms with Crippen molar-refractivity contribution in [3.63, 3.8) is 0 Å². The summed E-state index contributed by atoms with van der Waals surface area (Å²) in [5, 5.41) is 12.6. The van der Waals surface area contributed by atoms with E-state index >= 15 is 0 Å². The minimum absolute atomic E-state index is 0.138. The number of aliphatic hydroxyl groups is 1. The molecule has 12 heavy (non-hydrogen) atoms. The Morgan fingerprint density at radius 3 is 2.92 bits per heavy atom. The fraction of sp³-hybridized carbons (Fsp3) is 0.556. The molecule has 1 aliphatic heterocycles. The molecule has 3 heteroatoms. The number of hydrogen-bond donors (Lipinski definition) is 2. The van der Waals surface area contributed by atoms with E-state index in [9.17, 15) is 5.11 Å². The lowest BCUT2D eigenvalue weighted by Crippen LogP contribution is -2.15. The predicted molar refractivity (Wildman–Crippen MR) is 45.1 cm³/mol. The molecular weight excluding hydrogens is 154 g/mol. The minimum Gasteiger partial charge on any atom is -0.469 e. The highest BCUT2D eigenvalue weighted by molar-refractivity contribution is 5.17. The molecule has 1 saturated heterocycles. The van der Waals surface area contributed by atoms with Crippen LogP contribution in [-0.2, 0) is 0 Å². The smallest absolute Gasteiger partial charge is 0.111 e. The summed E-state index contributed by atoms with van der Waals surface area (Å²) >= 11 is 0. The third kappa shape index (κ3) is 1.26. The van der Waals surface area contributed by atoms with Crippen LogP contribution in [0.25, 0.3) is 0 Å². The van der Waals surface area contributed by atoms with Gasteiger partial charge in [0.1, 0.15) is 5.76 Å². The molecule has 0 aromatic carbocycles. The molecular formula is C9H13NO2. The van der Waals surface area contributed by atoms with Crippen LogP contribution >= 0.6 is 0 Å². The topological polar surface area (TPSA) is 45.4 Å². The van der Waals surface area contributed by atoms with E-state index in [-0.39, 0.29) is 12.0 Å². The third-order valence-electron chi connectivity index (χ3n) is 2.30. The number of nitrogens with one attached hydrogen (secondary N) is 1. The number of aliphatic hydroxyl groups excluding tert-OH is 1. The highest BCUT2D eigenvalue weighted by Crippen LogP contribution is 2.24. The van der Waals surface area contributed by atoms with Gasteiger partial charge < -0.3 is 14.8 Å². The van der Waals surface area contributed by atoms with E-state index in [0.717, 1.165) is 17.9 Å². The molecule has 2 heterocycles. The molecule has 1 fully saturated rings. The number of aryl methyl sites for hydroxylation is 1. The van der Waals surface area contributed by atoms with Crippen molar-refractivity contribution in [3.8, 4) is 0 Å². The first-order chi connectivity index (χ1) is 5.77. The fourth-order valence-corrected chi connectivity index (χ4v) is 1.60. The van der Waals surface area contributed by atoms with Crippen molar-refractivity contribution in [2.45, 2.75) is 18.9 Å². The van der Waals surface area contributed by atoms with Crippen LogP contribution in [0.3, 0.4) is 0 Å². The quantitative estimate of drug-likeness (QED) is 0.645. The van der Waals surface area contributed by atoms with Crippen molar-refractivity contribution in [1.29, 1.82) is 0 Å². The molecule has 2 unspecified atom stereocenters. The van der Waals surface area contributed by atoms with Crippen molar-refractivity contribution in [2.75, 3.05) is 13.1 Å². The molecule has 66 valence electrons. The standard InChI is InChI=1S/C9H13NO2/c1-6-2-9(12-5-6)7-3-10-4-8(7)11/h2,5,7-8,10-11H,3-4H2,1H3. The van der Waals surface area contributed by atoms with Crippen LogP contribution in [0.5, 0.6) is 0 Å². The lowest BCUT2D eigenvalue weighted by molar-refractivity contribution is 0.168. The van der Waals surface area contributed by atoms with Gasteiger partial charge in [-0.05, 0) is 18.6 Å². The van der Waals surface area contributed by atoms with Crippen LogP contribution < -0.4 is 5.32 Å². The molecule has 0 bridgehead atoms. The molecule has 1 aromatic heterocycles. The lowest BCUT2D eigenvalue weighted by atomic mass is 10.0. The molecule has 3 nitrogen and oxygen atoms in total. The zero-order chi connectivity index (χ0) is 8.55. The van der Waals surface area contributed by atoms with Gasteiger partial charge in [-0.2, -0.15) is 0 Å². The second-order valence-electron chi connectivity index (χ2n) is 3.36. The summed E-state index contributed by atoms with van der Waals surface area (Å²) in [5.41, 5.74) is 1.11. The van der Waals surface area contributed by atoms with E-state index in [0.29, 0.717) is 6.54 Å². The second kappa shape index (κ2) is 2.92. The van der Waals surface area contributed by atoms with Crippen LogP contribution in [-0.4, -0.2) is 24.3 Å². The predicted octanol–water partition coefficient (Wildman–Crippen LogP) is 0.636. The van der Waals surface area contributed by atoms with Crippen molar-refractivity contribution in [2.24, 2.45) is 0 Å². The Kier molecular flexibility index (Phi) is 1.90. The number of furan rings is 1. The highest BCUT2D eigenvalue weighted by atomic mass is 16.3. The Morgan fingerprint density at radius 2 is 2.42 bits per heavy atom. The molecule has 2 rings (SSSR count). The minimum atomic E-state index is -0.296. The largest absolute Gasteiger partial charge is 0.469 e. The zero-order valence-electron chi connectivity index (χ0n) is 7.08. The molecule has 0 amide bonds. The number of hydrogen-bond acceptors (Lipinski definition) is 3. The van der Waals surface area contributed by atoms with E-state index in [1.165, 1.54) is 0 Å². The van der Waals surface area contributed by atoms with E-state index in [4.69, 9.17) is 4.42 Å². The molecule has 1 aromatic rings. The molecule has 0 radical (unpaired) electrons. The van der Waals surface area contributed by atoms with Crippen LogP contribution in [0.1, 0.15) is 17.2 Å². The van der Waals surface area contributed by atoms with Gasteiger partial charge in [-0.1, -0.05) is 0 Å². The summed E-state index contributed by atoms with van der Waals surface area (Å²) in [7, 11) is 0. The van der Waals surface area contributed by atoms with E-state index in [2.05, 4.69) is 5.32 Å². The monoisotopic (exact) mass is 167 g/mol. The Hall–Kier alpha value is -0.800. The van der Waals surface area contributed by atoms with Crippen LogP contribution in [0.15, 0.2) is 16.7 Å². The van der Waals surface area contributed by atoms with Crippen molar-refractivity contribution in [1.82, 2.24) is 5.32 Å². The first-order valence-electron chi connectivity index (χ1n) is 4.21. The Morgan fingerprint density at radius 1 is 1.58 bits per heavy atom. The summed E-state index contributed by atoms with van der Waals surface area (Å²) in [6.45, 7) is 3.47. The van der Waals surface area contributed by atoms with Crippen molar-refractivity contribution < 1.29 is 9.52 Å². The Bertz CT molecular complexity index is 269. The van der Waals surface area contributed by atoms with Gasteiger partial charge in [0, 0.05) is 13.1 Å². The van der Waals surface area contributed by atoms with E-state index in [1.54, 1.807) is 6.26 Å². The SMILES string of the molecule is Cc1coc(C2CNCC2O)c1. The summed E-state index contributed by atoms with van der Waals surface area (Å²) in [6.07, 6.45) is 1.43. The van der Waals surface area contributed by atoms with Gasteiger partial charge in [0.2, 0.25) is 0 Å². The second-order valence-corrected chi connectivity index (χ2v) is 3.36. The van der Waals surface area contributed by atoms with E-state index in [1.807, 2.05) is 13.0 Å². The van der Waals surface area contributed by atoms with Gasteiger partial charge in [-0.15, -0.1) is 0 Å².